The summed E-state index contributed by atoms with van der Waals surface area (Å²) in [7, 11) is 0. The van der Waals surface area contributed by atoms with Gasteiger partial charge in [0.2, 0.25) is 6.36 Å². The van der Waals surface area contributed by atoms with Crippen molar-refractivity contribution in [1.82, 2.24) is 0 Å². The Kier molecular flexibility index (Phi) is 8.26. The summed E-state index contributed by atoms with van der Waals surface area (Å²) in [5.41, 5.74) is 5.73. The van der Waals surface area contributed by atoms with Crippen LogP contribution in [0.1, 0.15) is 68.6 Å². The molecule has 2 rings (SSSR count). The highest BCUT2D eigenvalue weighted by Crippen LogP contribution is 2.21. The Morgan fingerprint density at radius 2 is 1.90 bits per heavy atom. The van der Waals surface area contributed by atoms with Crippen molar-refractivity contribution in [1.29, 1.82) is 0 Å². The number of nitrogens with two attached hydrogens (primary N) is 1. The second-order valence-electron chi connectivity index (χ2n) is 4.92. The van der Waals surface area contributed by atoms with Crippen molar-refractivity contribution in [3.05, 3.63) is 17.0 Å². The second-order valence-corrected chi connectivity index (χ2v) is 5.87. The smallest absolute Gasteiger partial charge is 0.343 e. The molecular formula is C15H24FNO2S. The van der Waals surface area contributed by atoms with Gasteiger partial charge < -0.3 is 10.5 Å². The van der Waals surface area contributed by atoms with Gasteiger partial charge in [-0.15, -0.1) is 11.3 Å². The third kappa shape index (κ3) is 6.37. The molecule has 2 N–H and O–H groups in total. The van der Waals surface area contributed by atoms with Crippen molar-refractivity contribution < 1.29 is 13.9 Å². The molecule has 5 heteroatoms. The van der Waals surface area contributed by atoms with Gasteiger partial charge in [0.1, 0.15) is 5.00 Å². The first-order valence-corrected chi connectivity index (χ1v) is 8.21. The standard InChI is InChI=1S/C9H12FNO2S.C6H12/c1-2-3-7(10)13-9(12)6-4-5-14-8(6)11;1-2-4-6-5-3-1/h4-5,7H,2-3,11H2,1H3;1-6H2. The van der Waals surface area contributed by atoms with Gasteiger partial charge in [-0.2, -0.15) is 0 Å². The average molecular weight is 301 g/mol. The minimum atomic E-state index is -1.54. The average Bonchev–Trinajstić information content (AvgIpc) is 2.88. The SMILES string of the molecule is C1CCCCC1.CCCC(F)OC(=O)c1ccsc1N. The summed E-state index contributed by atoms with van der Waals surface area (Å²) in [5, 5.41) is 2.03. The summed E-state index contributed by atoms with van der Waals surface area (Å²) >= 11 is 1.23. The molecular weight excluding hydrogens is 277 g/mol. The first-order valence-electron chi connectivity index (χ1n) is 7.33. The maximum atomic E-state index is 12.9. The van der Waals surface area contributed by atoms with E-state index in [2.05, 4.69) is 4.74 Å². The number of hydrogen-bond acceptors (Lipinski definition) is 4. The summed E-state index contributed by atoms with van der Waals surface area (Å²) in [6.45, 7) is 1.82. The molecule has 1 aliphatic carbocycles. The highest BCUT2D eigenvalue weighted by molar-refractivity contribution is 7.14. The Morgan fingerprint density at radius 3 is 2.30 bits per heavy atom. The van der Waals surface area contributed by atoms with Crippen LogP contribution in [-0.4, -0.2) is 12.3 Å². The van der Waals surface area contributed by atoms with Gasteiger partial charge in [0, 0.05) is 6.42 Å². The van der Waals surface area contributed by atoms with E-state index in [0.717, 1.165) is 0 Å². The highest BCUT2D eigenvalue weighted by atomic mass is 32.1. The topological polar surface area (TPSA) is 52.3 Å². The van der Waals surface area contributed by atoms with Crippen LogP contribution in [0.25, 0.3) is 0 Å². The number of halogens is 1. The van der Waals surface area contributed by atoms with Crippen molar-refractivity contribution in [2.45, 2.75) is 64.6 Å². The minimum absolute atomic E-state index is 0.218. The lowest BCUT2D eigenvalue weighted by molar-refractivity contribution is -0.0186. The molecule has 1 aromatic heterocycles. The minimum Gasteiger partial charge on any atom is -0.427 e. The van der Waals surface area contributed by atoms with E-state index in [1.54, 1.807) is 5.38 Å². The van der Waals surface area contributed by atoms with E-state index in [1.807, 2.05) is 6.92 Å². The molecule has 0 saturated heterocycles. The van der Waals surface area contributed by atoms with Crippen molar-refractivity contribution in [2.24, 2.45) is 0 Å². The zero-order valence-corrected chi connectivity index (χ0v) is 12.9. The lowest BCUT2D eigenvalue weighted by Gasteiger charge is -2.07. The zero-order valence-electron chi connectivity index (χ0n) is 12.1. The van der Waals surface area contributed by atoms with Crippen LogP contribution in [0.5, 0.6) is 0 Å². The quantitative estimate of drug-likeness (QED) is 0.803. The predicted molar refractivity (Wildman–Crippen MR) is 81.7 cm³/mol. The van der Waals surface area contributed by atoms with Crippen LogP contribution in [-0.2, 0) is 4.74 Å². The number of esters is 1. The van der Waals surface area contributed by atoms with Gasteiger partial charge in [0.25, 0.3) is 0 Å². The number of thiophene rings is 1. The Labute approximate surface area is 124 Å². The molecule has 3 nitrogen and oxygen atoms in total. The molecule has 1 atom stereocenters. The number of nitrogen functional groups attached to an aromatic ring is 1. The van der Waals surface area contributed by atoms with Gasteiger partial charge in [-0.3, -0.25) is 0 Å². The molecule has 0 amide bonds. The van der Waals surface area contributed by atoms with Gasteiger partial charge in [0.05, 0.1) is 5.56 Å². The first kappa shape index (κ1) is 17.0. The van der Waals surface area contributed by atoms with Crippen molar-refractivity contribution >= 4 is 22.3 Å². The summed E-state index contributed by atoms with van der Waals surface area (Å²) < 4.78 is 17.4. The van der Waals surface area contributed by atoms with E-state index in [9.17, 15) is 9.18 Å². The zero-order chi connectivity index (χ0) is 14.8. The van der Waals surface area contributed by atoms with Crippen LogP contribution in [0, 0.1) is 0 Å². The van der Waals surface area contributed by atoms with E-state index in [1.165, 1.54) is 55.9 Å². The monoisotopic (exact) mass is 301 g/mol. The Hall–Kier alpha value is -1.10. The molecule has 1 saturated carbocycles. The van der Waals surface area contributed by atoms with Gasteiger partial charge >= 0.3 is 5.97 Å². The number of ether oxygens (including phenoxy) is 1. The normalized spacial score (nSPS) is 15.9. The van der Waals surface area contributed by atoms with E-state index in [4.69, 9.17) is 5.73 Å². The number of rotatable bonds is 4. The van der Waals surface area contributed by atoms with Crippen LogP contribution in [0.15, 0.2) is 11.4 Å². The van der Waals surface area contributed by atoms with E-state index >= 15 is 0 Å². The molecule has 1 heterocycles. The predicted octanol–water partition coefficient (Wildman–Crippen LogP) is 4.92. The van der Waals surface area contributed by atoms with Gasteiger partial charge in [-0.25, -0.2) is 9.18 Å². The fourth-order valence-corrected chi connectivity index (χ4v) is 2.64. The molecule has 0 bridgehead atoms. The fraction of sp³-hybridized carbons (Fsp3) is 0.667. The Morgan fingerprint density at radius 1 is 1.35 bits per heavy atom. The van der Waals surface area contributed by atoms with Crippen molar-refractivity contribution in [2.75, 3.05) is 5.73 Å². The molecule has 1 aromatic rings. The van der Waals surface area contributed by atoms with E-state index in [-0.39, 0.29) is 12.0 Å². The van der Waals surface area contributed by atoms with Gasteiger partial charge in [-0.1, -0.05) is 45.4 Å². The summed E-state index contributed by atoms with van der Waals surface area (Å²) in [5.74, 6) is -0.690. The number of carbonyl (C=O) groups excluding carboxylic acids is 1. The summed E-state index contributed by atoms with van der Waals surface area (Å²) in [6.07, 6.45) is 8.32. The molecule has 1 unspecified atom stereocenters. The van der Waals surface area contributed by atoms with Crippen LogP contribution in [0.4, 0.5) is 9.39 Å². The van der Waals surface area contributed by atoms with Gasteiger partial charge in [0.15, 0.2) is 0 Å². The first-order chi connectivity index (χ1) is 9.65. The number of anilines is 1. The van der Waals surface area contributed by atoms with Gasteiger partial charge in [-0.05, 0) is 17.9 Å². The van der Waals surface area contributed by atoms with Crippen LogP contribution in [0.3, 0.4) is 0 Å². The molecule has 20 heavy (non-hydrogen) atoms. The Bertz CT molecular complexity index is 379. The third-order valence-corrected chi connectivity index (χ3v) is 3.91. The van der Waals surface area contributed by atoms with E-state index in [0.29, 0.717) is 11.4 Å². The summed E-state index contributed by atoms with van der Waals surface area (Å²) in [6, 6.07) is 1.53. The maximum Gasteiger partial charge on any atom is 0.343 e. The fourth-order valence-electron chi connectivity index (χ4n) is 2.02. The lowest BCUT2D eigenvalue weighted by atomic mass is 10.0. The molecule has 0 radical (unpaired) electrons. The largest absolute Gasteiger partial charge is 0.427 e. The molecule has 0 aliphatic heterocycles. The second kappa shape index (κ2) is 9.75. The van der Waals surface area contributed by atoms with Crippen LogP contribution >= 0.6 is 11.3 Å². The number of alkyl halides is 1. The molecule has 0 spiro atoms. The van der Waals surface area contributed by atoms with Crippen LogP contribution < -0.4 is 5.73 Å². The molecule has 0 aromatic carbocycles. The van der Waals surface area contributed by atoms with Crippen molar-refractivity contribution in [3.63, 3.8) is 0 Å². The summed E-state index contributed by atoms with van der Waals surface area (Å²) in [4.78, 5) is 11.3. The number of hydrogen-bond donors (Lipinski definition) is 1. The maximum absolute atomic E-state index is 12.9. The molecule has 1 fully saturated rings. The number of carbonyl (C=O) groups is 1. The molecule has 1 aliphatic rings. The van der Waals surface area contributed by atoms with E-state index < -0.39 is 12.3 Å². The van der Waals surface area contributed by atoms with Crippen molar-refractivity contribution in [3.8, 4) is 0 Å². The van der Waals surface area contributed by atoms with Crippen LogP contribution in [0.2, 0.25) is 0 Å². The lowest BCUT2D eigenvalue weighted by Crippen LogP contribution is -2.13. The third-order valence-electron chi connectivity index (χ3n) is 3.17. The Balaban J connectivity index is 0.000000276. The highest BCUT2D eigenvalue weighted by Gasteiger charge is 2.16. The molecule has 114 valence electrons.